The van der Waals surface area contributed by atoms with Crippen molar-refractivity contribution >= 4 is 35.2 Å². The maximum Gasteiger partial charge on any atom is 0.267 e. The first-order valence-corrected chi connectivity index (χ1v) is 10.5. The lowest BCUT2D eigenvalue weighted by Gasteiger charge is -2.31. The number of amides is 4. The van der Waals surface area contributed by atoms with Crippen LogP contribution in [0.1, 0.15) is 48.9 Å². The molecule has 0 radical (unpaired) electrons. The highest BCUT2D eigenvalue weighted by Gasteiger charge is 2.36. The minimum Gasteiger partial charge on any atom is -0.354 e. The molecule has 2 aliphatic rings. The molecule has 2 aliphatic heterocycles. The lowest BCUT2D eigenvalue weighted by atomic mass is 9.96. The Morgan fingerprint density at radius 1 is 1.13 bits per heavy atom. The second-order valence-corrected chi connectivity index (χ2v) is 8.22. The van der Waals surface area contributed by atoms with Gasteiger partial charge in [-0.25, -0.2) is 0 Å². The number of carbonyl (C=O) groups excluding carboxylic acids is 4. The summed E-state index contributed by atoms with van der Waals surface area (Å²) in [6.45, 7) is 3.14. The monoisotopic (exact) mass is 427 g/mol. The van der Waals surface area contributed by atoms with Crippen LogP contribution >= 0.6 is 11.5 Å². The van der Waals surface area contributed by atoms with Gasteiger partial charge in [-0.05, 0) is 49.3 Å². The van der Waals surface area contributed by atoms with Crippen LogP contribution in [0.25, 0.3) is 0 Å². The Bertz CT molecular complexity index is 977. The van der Waals surface area contributed by atoms with Crippen molar-refractivity contribution in [2.45, 2.75) is 19.8 Å². The van der Waals surface area contributed by atoms with E-state index < -0.39 is 11.8 Å². The summed E-state index contributed by atoms with van der Waals surface area (Å²) in [5.74, 6) is -1.05. The highest BCUT2D eigenvalue weighted by molar-refractivity contribution is 7.07. The summed E-state index contributed by atoms with van der Waals surface area (Å²) in [6, 6.07) is 6.56. The van der Waals surface area contributed by atoms with Gasteiger partial charge in [0.1, 0.15) is 11.4 Å². The third-order valence-corrected chi connectivity index (χ3v) is 6.33. The minimum atomic E-state index is -0.439. The van der Waals surface area contributed by atoms with Crippen molar-refractivity contribution in [3.63, 3.8) is 0 Å². The molecule has 0 atom stereocenters. The molecule has 1 saturated heterocycles. The maximum absolute atomic E-state index is 12.5. The zero-order valence-corrected chi connectivity index (χ0v) is 17.3. The van der Waals surface area contributed by atoms with E-state index in [1.165, 1.54) is 0 Å². The van der Waals surface area contributed by atoms with Gasteiger partial charge in [-0.15, -0.1) is 5.10 Å². The molecular weight excluding hydrogens is 406 g/mol. The average molecular weight is 427 g/mol. The minimum absolute atomic E-state index is 0.0457. The second-order valence-electron chi connectivity index (χ2n) is 7.47. The molecule has 2 aromatic rings. The number of hydrogen-bond donors (Lipinski definition) is 1. The lowest BCUT2D eigenvalue weighted by molar-refractivity contribution is -0.121. The fraction of sp³-hybridized carbons (Fsp3) is 0.400. The van der Waals surface area contributed by atoms with E-state index in [0.717, 1.165) is 29.3 Å². The largest absolute Gasteiger partial charge is 0.354 e. The number of nitrogens with zero attached hydrogens (tertiary/aromatic N) is 4. The number of benzene rings is 1. The van der Waals surface area contributed by atoms with Crippen molar-refractivity contribution < 1.29 is 19.2 Å². The first kappa shape index (κ1) is 20.1. The maximum atomic E-state index is 12.5. The summed E-state index contributed by atoms with van der Waals surface area (Å²) in [6.07, 6.45) is 1.54. The van der Waals surface area contributed by atoms with Crippen LogP contribution in [0.15, 0.2) is 24.3 Å². The summed E-state index contributed by atoms with van der Waals surface area (Å²) < 4.78 is 3.81. The molecule has 3 heterocycles. The van der Waals surface area contributed by atoms with E-state index in [1.807, 2.05) is 0 Å². The van der Waals surface area contributed by atoms with E-state index in [9.17, 15) is 19.2 Å². The summed E-state index contributed by atoms with van der Waals surface area (Å²) >= 11 is 1.11. The number of carbonyl (C=O) groups is 4. The Kier molecular flexibility index (Phi) is 5.58. The lowest BCUT2D eigenvalue weighted by Crippen LogP contribution is -2.44. The van der Waals surface area contributed by atoms with E-state index >= 15 is 0 Å². The van der Waals surface area contributed by atoms with E-state index in [0.29, 0.717) is 41.3 Å². The van der Waals surface area contributed by atoms with Gasteiger partial charge < -0.3 is 10.2 Å². The molecule has 10 heteroatoms. The number of rotatable bonds is 5. The van der Waals surface area contributed by atoms with Crippen molar-refractivity contribution in [2.75, 3.05) is 26.2 Å². The fourth-order valence-corrected chi connectivity index (χ4v) is 4.38. The number of likely N-dealkylation sites (tertiary alicyclic amines) is 1. The summed E-state index contributed by atoms with van der Waals surface area (Å²) in [5, 5.41) is 6.71. The summed E-state index contributed by atoms with van der Waals surface area (Å²) in [4.78, 5) is 52.9. The fourth-order valence-electron chi connectivity index (χ4n) is 3.75. The Morgan fingerprint density at radius 3 is 2.33 bits per heavy atom. The van der Waals surface area contributed by atoms with Crippen molar-refractivity contribution in [2.24, 2.45) is 5.92 Å². The number of nitrogens with one attached hydrogen (secondary N) is 1. The highest BCUT2D eigenvalue weighted by atomic mass is 32.1. The van der Waals surface area contributed by atoms with Gasteiger partial charge in [0.15, 0.2) is 0 Å². The SMILES string of the molecule is Cc1nnsc1C(=O)N1CCC(CNC(=O)CN2C(=O)c3ccccc3C2=O)CC1. The first-order chi connectivity index (χ1) is 14.5. The van der Waals surface area contributed by atoms with Crippen LogP contribution in [0.5, 0.6) is 0 Å². The van der Waals surface area contributed by atoms with Gasteiger partial charge in [0.25, 0.3) is 17.7 Å². The van der Waals surface area contributed by atoms with E-state index in [1.54, 1.807) is 36.1 Å². The smallest absolute Gasteiger partial charge is 0.267 e. The van der Waals surface area contributed by atoms with Crippen molar-refractivity contribution in [3.8, 4) is 0 Å². The van der Waals surface area contributed by atoms with Crippen LogP contribution in [0, 0.1) is 12.8 Å². The number of hydrogen-bond acceptors (Lipinski definition) is 7. The number of piperidine rings is 1. The Balaban J connectivity index is 1.24. The van der Waals surface area contributed by atoms with Gasteiger partial charge in [0, 0.05) is 19.6 Å². The van der Waals surface area contributed by atoms with Crippen LogP contribution < -0.4 is 5.32 Å². The molecule has 0 aliphatic carbocycles. The van der Waals surface area contributed by atoms with Crippen molar-refractivity contribution in [1.82, 2.24) is 24.7 Å². The molecule has 1 fully saturated rings. The molecule has 4 rings (SSSR count). The second kappa shape index (κ2) is 8.31. The van der Waals surface area contributed by atoms with Crippen LogP contribution in [0.4, 0.5) is 0 Å². The van der Waals surface area contributed by atoms with Crippen molar-refractivity contribution in [1.29, 1.82) is 0 Å². The molecular formula is C20H21N5O4S. The van der Waals surface area contributed by atoms with Gasteiger partial charge in [0.05, 0.1) is 16.8 Å². The molecule has 0 unspecified atom stereocenters. The normalized spacial score (nSPS) is 16.7. The predicted molar refractivity (Wildman–Crippen MR) is 108 cm³/mol. The molecule has 1 aromatic heterocycles. The van der Waals surface area contributed by atoms with E-state index in [4.69, 9.17) is 0 Å². The molecule has 9 nitrogen and oxygen atoms in total. The molecule has 1 aromatic carbocycles. The molecule has 156 valence electrons. The number of imide groups is 1. The Hall–Kier alpha value is -3.14. The van der Waals surface area contributed by atoms with Crippen molar-refractivity contribution in [3.05, 3.63) is 46.0 Å². The third-order valence-electron chi connectivity index (χ3n) is 5.52. The Labute approximate surface area is 177 Å². The Morgan fingerprint density at radius 2 is 1.77 bits per heavy atom. The number of aryl methyl sites for hydroxylation is 1. The van der Waals surface area contributed by atoms with Crippen LogP contribution in [0.2, 0.25) is 0 Å². The van der Waals surface area contributed by atoms with Gasteiger partial charge in [-0.2, -0.15) is 0 Å². The summed E-state index contributed by atoms with van der Waals surface area (Å²) in [7, 11) is 0. The van der Waals surface area contributed by atoms with Gasteiger partial charge in [-0.3, -0.25) is 24.1 Å². The van der Waals surface area contributed by atoms with Crippen LogP contribution in [-0.4, -0.2) is 69.2 Å². The first-order valence-electron chi connectivity index (χ1n) is 9.76. The van der Waals surface area contributed by atoms with E-state index in [-0.39, 0.29) is 24.3 Å². The molecule has 0 saturated carbocycles. The quantitative estimate of drug-likeness (QED) is 0.716. The zero-order chi connectivity index (χ0) is 21.3. The number of fused-ring (bicyclic) bond motifs is 1. The molecule has 0 spiro atoms. The molecule has 0 bridgehead atoms. The van der Waals surface area contributed by atoms with E-state index in [2.05, 4.69) is 14.9 Å². The van der Waals surface area contributed by atoms with Crippen LogP contribution in [-0.2, 0) is 4.79 Å². The van der Waals surface area contributed by atoms with Gasteiger partial charge >= 0.3 is 0 Å². The predicted octanol–water partition coefficient (Wildman–Crippen LogP) is 1.11. The zero-order valence-electron chi connectivity index (χ0n) is 16.5. The average Bonchev–Trinajstić information content (AvgIpc) is 3.29. The topological polar surface area (TPSA) is 113 Å². The van der Waals surface area contributed by atoms with Gasteiger partial charge in [0.2, 0.25) is 5.91 Å². The molecule has 4 amide bonds. The standard InChI is InChI=1S/C20H21N5O4S/c1-12-17(30-23-22-12)20(29)24-8-6-13(7-9-24)10-21-16(26)11-25-18(27)14-4-2-3-5-15(14)19(25)28/h2-5,13H,6-11H2,1H3,(H,21,26). The summed E-state index contributed by atoms with van der Waals surface area (Å²) in [5.41, 5.74) is 1.31. The molecule has 1 N–H and O–H groups in total. The third kappa shape index (κ3) is 3.82. The highest BCUT2D eigenvalue weighted by Crippen LogP contribution is 2.23. The van der Waals surface area contributed by atoms with Gasteiger partial charge in [-0.1, -0.05) is 16.6 Å². The van der Waals surface area contributed by atoms with Crippen LogP contribution in [0.3, 0.4) is 0 Å². The number of aromatic nitrogens is 2. The molecule has 30 heavy (non-hydrogen) atoms.